The predicted molar refractivity (Wildman–Crippen MR) is 161 cm³/mol. The van der Waals surface area contributed by atoms with Crippen molar-refractivity contribution in [2.75, 3.05) is 13.7 Å². The number of carbonyl (C=O) groups is 3. The third kappa shape index (κ3) is 5.44. The molecule has 12 nitrogen and oxygen atoms in total. The molecule has 48 heavy (non-hydrogen) atoms. The highest BCUT2D eigenvalue weighted by Gasteiger charge is 2.50. The molecule has 254 valence electrons. The number of ketones is 3. The lowest BCUT2D eigenvalue weighted by Crippen LogP contribution is -2.54. The van der Waals surface area contributed by atoms with E-state index in [0.29, 0.717) is 0 Å². The van der Waals surface area contributed by atoms with Crippen molar-refractivity contribution in [3.8, 4) is 17.2 Å². The van der Waals surface area contributed by atoms with Gasteiger partial charge in [0.15, 0.2) is 17.9 Å². The summed E-state index contributed by atoms with van der Waals surface area (Å²) in [5.74, 6) is -5.59. The molecule has 3 aromatic carbocycles. The molecule has 3 aromatic rings. The van der Waals surface area contributed by atoms with Crippen LogP contribution in [0.25, 0.3) is 0 Å². The van der Waals surface area contributed by atoms with E-state index in [1.807, 2.05) is 0 Å². The molecule has 1 fully saturated rings. The van der Waals surface area contributed by atoms with E-state index in [1.54, 1.807) is 6.92 Å². The van der Waals surface area contributed by atoms with Crippen LogP contribution in [0.4, 0.5) is 8.78 Å². The van der Waals surface area contributed by atoms with Crippen LogP contribution in [0.15, 0.2) is 36.4 Å². The second kappa shape index (κ2) is 12.6. The fourth-order valence-electron chi connectivity index (χ4n) is 6.85. The van der Waals surface area contributed by atoms with Gasteiger partial charge in [-0.15, -0.1) is 0 Å². The number of ether oxygens (including phenoxy) is 4. The molecule has 0 spiro atoms. The number of nitrogens with two attached hydrogens (primary N) is 1. The van der Waals surface area contributed by atoms with E-state index in [1.165, 1.54) is 31.4 Å². The van der Waals surface area contributed by atoms with Crippen molar-refractivity contribution in [1.29, 1.82) is 0 Å². The van der Waals surface area contributed by atoms with Gasteiger partial charge >= 0.3 is 0 Å². The van der Waals surface area contributed by atoms with E-state index >= 15 is 0 Å². The van der Waals surface area contributed by atoms with E-state index in [9.17, 15) is 43.6 Å². The number of phenolic OH excluding ortho intramolecular Hbond substituents is 2. The van der Waals surface area contributed by atoms with Crippen molar-refractivity contribution in [3.05, 3.63) is 87.0 Å². The fourth-order valence-corrected chi connectivity index (χ4v) is 6.85. The number of hydrogen-bond acceptors (Lipinski definition) is 12. The van der Waals surface area contributed by atoms with Crippen molar-refractivity contribution in [3.63, 3.8) is 0 Å². The molecule has 1 saturated heterocycles. The molecule has 0 saturated carbocycles. The average Bonchev–Trinajstić information content (AvgIpc) is 3.04. The first-order chi connectivity index (χ1) is 22.8. The normalized spacial score (nSPS) is 26.4. The zero-order valence-corrected chi connectivity index (χ0v) is 25.9. The quantitative estimate of drug-likeness (QED) is 0.172. The van der Waals surface area contributed by atoms with Gasteiger partial charge in [-0.05, 0) is 25.1 Å². The maximum absolute atomic E-state index is 14.2. The number of aromatic hydroxyl groups is 2. The Morgan fingerprint density at radius 3 is 2.35 bits per heavy atom. The van der Waals surface area contributed by atoms with Crippen molar-refractivity contribution < 1.29 is 62.5 Å². The standard InChI is InChI=1S/C34H33F2NO11/c1-14-33(46-13-17-18(35)6-4-7-19(17)36)20(37)9-24(47-14)48-22-11-34(44,23(39)12-38)10-16-26(22)32(43)28-27(30(16)41)29(40)15-5-3-8-21(45-2)25(15)31(28)42/h3-8,14,20,22,24,33,38,41,43-44H,9-13,37H2,1-2H3/t14-,20-,22-,24-,33+,34-/m0/s1. The summed E-state index contributed by atoms with van der Waals surface area (Å²) in [4.78, 5) is 40.3. The first kappa shape index (κ1) is 33.6. The van der Waals surface area contributed by atoms with Gasteiger partial charge in [-0.1, -0.05) is 18.2 Å². The first-order valence-electron chi connectivity index (χ1n) is 15.2. The van der Waals surface area contributed by atoms with Crippen LogP contribution in [-0.2, 0) is 32.0 Å². The lowest BCUT2D eigenvalue weighted by atomic mass is 9.72. The largest absolute Gasteiger partial charge is 0.507 e. The Labute approximate surface area is 272 Å². The van der Waals surface area contributed by atoms with E-state index in [-0.39, 0.29) is 40.0 Å². The van der Waals surface area contributed by atoms with Crippen LogP contribution in [0.3, 0.4) is 0 Å². The molecule has 3 aliphatic rings. The number of fused-ring (bicyclic) bond motifs is 3. The van der Waals surface area contributed by atoms with Crippen LogP contribution in [0.2, 0.25) is 0 Å². The molecule has 1 aliphatic heterocycles. The highest BCUT2D eigenvalue weighted by molar-refractivity contribution is 6.31. The zero-order valence-electron chi connectivity index (χ0n) is 25.9. The summed E-state index contributed by atoms with van der Waals surface area (Å²) >= 11 is 0. The van der Waals surface area contributed by atoms with Gasteiger partial charge in [0.25, 0.3) is 0 Å². The summed E-state index contributed by atoms with van der Waals surface area (Å²) in [6.45, 7) is 0.0958. The molecule has 2 aliphatic carbocycles. The third-order valence-corrected chi connectivity index (χ3v) is 9.25. The second-order valence-corrected chi connectivity index (χ2v) is 12.1. The number of methoxy groups -OCH3 is 1. The number of halogens is 2. The van der Waals surface area contributed by atoms with Crippen LogP contribution < -0.4 is 10.5 Å². The Morgan fingerprint density at radius 2 is 1.71 bits per heavy atom. The van der Waals surface area contributed by atoms with Crippen molar-refractivity contribution in [2.45, 2.75) is 69.0 Å². The van der Waals surface area contributed by atoms with E-state index in [2.05, 4.69) is 0 Å². The molecule has 6 N–H and O–H groups in total. The van der Waals surface area contributed by atoms with Crippen LogP contribution >= 0.6 is 0 Å². The summed E-state index contributed by atoms with van der Waals surface area (Å²) in [6, 6.07) is 6.93. The molecular weight excluding hydrogens is 636 g/mol. The van der Waals surface area contributed by atoms with E-state index in [0.717, 1.165) is 12.1 Å². The Morgan fingerprint density at radius 1 is 1.04 bits per heavy atom. The van der Waals surface area contributed by atoms with Crippen molar-refractivity contribution >= 4 is 17.3 Å². The lowest BCUT2D eigenvalue weighted by molar-refractivity contribution is -0.254. The van der Waals surface area contributed by atoms with Gasteiger partial charge in [0.1, 0.15) is 41.1 Å². The number of aliphatic hydroxyl groups excluding tert-OH is 1. The number of benzene rings is 3. The molecule has 6 atom stereocenters. The Hall–Kier alpha value is -4.31. The van der Waals surface area contributed by atoms with Gasteiger partial charge in [0.2, 0.25) is 5.78 Å². The molecule has 0 bridgehead atoms. The molecule has 0 aromatic heterocycles. The maximum atomic E-state index is 14.2. The molecule has 6 rings (SSSR count). The molecule has 14 heteroatoms. The van der Waals surface area contributed by atoms with Crippen LogP contribution in [0, 0.1) is 11.6 Å². The Bertz CT molecular complexity index is 1800. The fraction of sp³-hybridized carbons (Fsp3) is 0.382. The average molecular weight is 670 g/mol. The molecule has 0 radical (unpaired) electrons. The number of aliphatic hydroxyl groups is 2. The van der Waals surface area contributed by atoms with Gasteiger partial charge in [-0.25, -0.2) is 8.78 Å². The van der Waals surface area contributed by atoms with Gasteiger partial charge in [0.05, 0.1) is 48.7 Å². The lowest BCUT2D eigenvalue weighted by Gasteiger charge is -2.43. The summed E-state index contributed by atoms with van der Waals surface area (Å²) < 4.78 is 51.5. The highest BCUT2D eigenvalue weighted by Crippen LogP contribution is 2.52. The number of hydrogen-bond donors (Lipinski definition) is 5. The molecule has 1 heterocycles. The smallest absolute Gasteiger partial charge is 0.202 e. The minimum Gasteiger partial charge on any atom is -0.507 e. The minimum atomic E-state index is -2.31. The van der Waals surface area contributed by atoms with Gasteiger partial charge in [0, 0.05) is 47.6 Å². The van der Waals surface area contributed by atoms with Crippen molar-refractivity contribution in [1.82, 2.24) is 0 Å². The third-order valence-electron chi connectivity index (χ3n) is 9.25. The summed E-state index contributed by atoms with van der Waals surface area (Å²) in [7, 11) is 1.31. The van der Waals surface area contributed by atoms with Crippen LogP contribution in [0.1, 0.15) is 74.4 Å². The van der Waals surface area contributed by atoms with Gasteiger partial charge in [-0.2, -0.15) is 0 Å². The predicted octanol–water partition coefficient (Wildman–Crippen LogP) is 2.50. The number of rotatable bonds is 8. The minimum absolute atomic E-state index is 0.0629. The number of phenols is 2. The highest BCUT2D eigenvalue weighted by atomic mass is 19.1. The number of Topliss-reactive ketones (excluding diaryl/α,β-unsaturated/α-hetero) is 1. The van der Waals surface area contributed by atoms with E-state index < -0.39 is 114 Å². The van der Waals surface area contributed by atoms with Gasteiger partial charge in [-0.3, -0.25) is 14.4 Å². The van der Waals surface area contributed by atoms with Crippen LogP contribution in [0.5, 0.6) is 17.2 Å². The first-order valence-corrected chi connectivity index (χ1v) is 15.2. The van der Waals surface area contributed by atoms with Crippen LogP contribution in [-0.4, -0.2) is 81.6 Å². The topological polar surface area (TPSA) is 195 Å². The molecular formula is C34H33F2NO11. The SMILES string of the molecule is COc1cccc2c1C(=O)c1c(O)c3c(c(O)c1C2=O)C[C@@](O)(C(=O)CO)C[C@@H]3O[C@H]1C[C@H](N)[C@H](OCc2c(F)cccc2F)[C@H](C)O1. The Balaban J connectivity index is 1.35. The molecule has 0 unspecified atom stereocenters. The van der Waals surface area contributed by atoms with Crippen molar-refractivity contribution in [2.24, 2.45) is 5.73 Å². The zero-order chi connectivity index (χ0) is 34.7. The number of carbonyl (C=O) groups excluding carboxylic acids is 3. The van der Waals surface area contributed by atoms with Gasteiger partial charge < -0.3 is 45.1 Å². The Kier molecular flexibility index (Phi) is 8.83. The summed E-state index contributed by atoms with van der Waals surface area (Å²) in [5.41, 5.74) is 2.15. The monoisotopic (exact) mass is 669 g/mol. The summed E-state index contributed by atoms with van der Waals surface area (Å²) in [6.07, 6.45) is -5.45. The maximum Gasteiger partial charge on any atom is 0.202 e. The van der Waals surface area contributed by atoms with E-state index in [4.69, 9.17) is 24.7 Å². The molecule has 0 amide bonds. The summed E-state index contributed by atoms with van der Waals surface area (Å²) in [5, 5.41) is 44.2. The second-order valence-electron chi connectivity index (χ2n) is 12.1.